The maximum Gasteiger partial charge on any atom is 0.351 e. The second kappa shape index (κ2) is 6.72. The van der Waals surface area contributed by atoms with Gasteiger partial charge in [0.2, 0.25) is 0 Å². The Kier molecular flexibility index (Phi) is 4.74. The normalized spacial score (nSPS) is 26.2. The Balaban J connectivity index is 1.46. The minimum Gasteiger partial charge on any atom is -0.476 e. The molecule has 2 atom stereocenters. The van der Waals surface area contributed by atoms with E-state index in [0.29, 0.717) is 20.7 Å². The van der Waals surface area contributed by atoms with Gasteiger partial charge in [0.05, 0.1) is 4.91 Å². The number of hydrogen-bond acceptors (Lipinski definition) is 6. The lowest BCUT2D eigenvalue weighted by molar-refractivity contribution is -0.163. The Morgan fingerprint density at radius 1 is 1.20 bits per heavy atom. The zero-order chi connectivity index (χ0) is 22.1. The summed E-state index contributed by atoms with van der Waals surface area (Å²) < 4.78 is 37.7. The summed E-state index contributed by atoms with van der Waals surface area (Å²) >= 11 is 5.85. The monoisotopic (exact) mass is 453 g/mol. The van der Waals surface area contributed by atoms with Crippen molar-refractivity contribution in [2.24, 2.45) is 17.3 Å². The minimum absolute atomic E-state index is 0.0786. The van der Waals surface area contributed by atoms with Crippen LogP contribution in [0.15, 0.2) is 34.7 Å². The van der Waals surface area contributed by atoms with E-state index in [2.05, 4.69) is 0 Å². The second-order valence-electron chi connectivity index (χ2n) is 9.07. The zero-order valence-corrected chi connectivity index (χ0v) is 18.8. The molecule has 1 aromatic rings. The molecule has 2 aliphatic carbocycles. The maximum atomic E-state index is 13.1. The molecule has 1 saturated carbocycles. The predicted molar refractivity (Wildman–Crippen MR) is 110 cm³/mol. The van der Waals surface area contributed by atoms with Crippen molar-refractivity contribution in [3.8, 4) is 5.75 Å². The third kappa shape index (κ3) is 3.03. The van der Waals surface area contributed by atoms with Gasteiger partial charge in [-0.1, -0.05) is 25.4 Å². The lowest BCUT2D eigenvalue weighted by atomic mass is 9.79. The number of carbonyl (C=O) groups is 2. The first-order valence-electron chi connectivity index (χ1n) is 9.80. The van der Waals surface area contributed by atoms with Crippen molar-refractivity contribution in [1.82, 2.24) is 4.31 Å². The van der Waals surface area contributed by atoms with Crippen LogP contribution in [-0.2, 0) is 24.3 Å². The lowest BCUT2D eigenvalue weighted by Gasteiger charge is -2.30. The van der Waals surface area contributed by atoms with Gasteiger partial charge < -0.3 is 9.47 Å². The molecule has 4 rings (SSSR count). The van der Waals surface area contributed by atoms with Crippen molar-refractivity contribution in [3.05, 3.63) is 39.8 Å². The maximum absolute atomic E-state index is 13.1. The lowest BCUT2D eigenvalue weighted by Crippen LogP contribution is -2.44. The van der Waals surface area contributed by atoms with Crippen LogP contribution in [0, 0.1) is 17.3 Å². The van der Waals surface area contributed by atoms with E-state index in [1.54, 1.807) is 24.3 Å². The summed E-state index contributed by atoms with van der Waals surface area (Å²) in [6, 6.07) is 6.46. The van der Waals surface area contributed by atoms with E-state index in [0.717, 1.165) is 12.8 Å². The van der Waals surface area contributed by atoms with E-state index < -0.39 is 34.2 Å². The van der Waals surface area contributed by atoms with Gasteiger partial charge in [-0.25, -0.2) is 13.2 Å². The summed E-state index contributed by atoms with van der Waals surface area (Å²) in [6.07, 6.45) is 1.55. The van der Waals surface area contributed by atoms with Gasteiger partial charge >= 0.3 is 5.97 Å². The molecule has 1 heterocycles. The molecule has 7 nitrogen and oxygen atoms in total. The van der Waals surface area contributed by atoms with Crippen LogP contribution in [0.25, 0.3) is 0 Å². The Morgan fingerprint density at radius 3 is 2.40 bits per heavy atom. The quantitative estimate of drug-likeness (QED) is 0.634. The number of allylic oxidation sites excluding steroid dienone is 1. The van der Waals surface area contributed by atoms with Crippen molar-refractivity contribution in [3.63, 3.8) is 0 Å². The molecule has 0 aromatic heterocycles. The van der Waals surface area contributed by atoms with Crippen LogP contribution in [-0.4, -0.2) is 36.9 Å². The molecule has 1 fully saturated rings. The van der Waals surface area contributed by atoms with E-state index in [-0.39, 0.29) is 22.2 Å². The number of halogens is 1. The van der Waals surface area contributed by atoms with Crippen molar-refractivity contribution >= 4 is 33.5 Å². The van der Waals surface area contributed by atoms with Crippen molar-refractivity contribution in [2.75, 3.05) is 6.73 Å². The molecule has 0 saturated heterocycles. The van der Waals surface area contributed by atoms with Gasteiger partial charge in [0.1, 0.15) is 5.75 Å². The van der Waals surface area contributed by atoms with Gasteiger partial charge in [-0.15, -0.1) is 0 Å². The Morgan fingerprint density at radius 2 is 1.80 bits per heavy atom. The average molecular weight is 454 g/mol. The second-order valence-corrected chi connectivity index (χ2v) is 11.3. The van der Waals surface area contributed by atoms with Crippen LogP contribution in [0.5, 0.6) is 5.75 Å². The zero-order valence-electron chi connectivity index (χ0n) is 17.3. The van der Waals surface area contributed by atoms with Gasteiger partial charge in [-0.05, 0) is 62.3 Å². The molecule has 2 unspecified atom stereocenters. The average Bonchev–Trinajstić information content (AvgIpc) is 3.16. The van der Waals surface area contributed by atoms with E-state index >= 15 is 0 Å². The van der Waals surface area contributed by atoms with Crippen LogP contribution >= 0.6 is 11.6 Å². The first kappa shape index (κ1) is 21.2. The fourth-order valence-corrected chi connectivity index (χ4v) is 7.02. The summed E-state index contributed by atoms with van der Waals surface area (Å²) in [6.45, 7) is 6.37. The van der Waals surface area contributed by atoms with Gasteiger partial charge in [-0.2, -0.15) is 4.31 Å². The number of rotatable bonds is 5. The summed E-state index contributed by atoms with van der Waals surface area (Å²) in [7, 11) is -3.99. The molecule has 3 aliphatic rings. The fraction of sp³-hybridized carbons (Fsp3) is 0.524. The molecule has 1 amide bonds. The molecule has 9 heteroatoms. The molecular formula is C21H24ClNO6S. The predicted octanol–water partition coefficient (Wildman–Crippen LogP) is 3.49. The number of nitrogens with zero attached hydrogens (tertiary/aromatic N) is 1. The number of amides is 1. The van der Waals surface area contributed by atoms with E-state index in [1.165, 1.54) is 13.8 Å². The van der Waals surface area contributed by atoms with Crippen LogP contribution in [0.4, 0.5) is 0 Å². The molecule has 1 aliphatic heterocycles. The number of carbonyl (C=O) groups excluding carboxylic acids is 2. The fourth-order valence-electron chi connectivity index (χ4n) is 4.86. The van der Waals surface area contributed by atoms with Crippen molar-refractivity contribution < 1.29 is 27.5 Å². The summed E-state index contributed by atoms with van der Waals surface area (Å²) in [5.74, 6) is -1.20. The van der Waals surface area contributed by atoms with Crippen molar-refractivity contribution in [1.29, 1.82) is 0 Å². The van der Waals surface area contributed by atoms with Gasteiger partial charge in [0.15, 0.2) is 12.3 Å². The van der Waals surface area contributed by atoms with Gasteiger partial charge in [0, 0.05) is 16.5 Å². The van der Waals surface area contributed by atoms with E-state index in [4.69, 9.17) is 21.1 Å². The van der Waals surface area contributed by atoms with Crippen LogP contribution in [0.3, 0.4) is 0 Å². The number of ether oxygens (including phenoxy) is 2. The van der Waals surface area contributed by atoms with E-state index in [9.17, 15) is 18.0 Å². The van der Waals surface area contributed by atoms with Crippen LogP contribution < -0.4 is 4.74 Å². The third-order valence-corrected chi connectivity index (χ3v) is 8.65. The third-order valence-electron chi connectivity index (χ3n) is 6.49. The summed E-state index contributed by atoms with van der Waals surface area (Å²) in [5.41, 5.74) is -1.26. The number of benzene rings is 1. The summed E-state index contributed by atoms with van der Waals surface area (Å²) in [5, 5.41) is 0.526. The molecule has 0 radical (unpaired) electrons. The van der Waals surface area contributed by atoms with Crippen LogP contribution in [0.1, 0.15) is 40.5 Å². The molecule has 162 valence electrons. The molecule has 1 aromatic carbocycles. The number of esters is 1. The molecule has 30 heavy (non-hydrogen) atoms. The van der Waals surface area contributed by atoms with Gasteiger partial charge in [-0.3, -0.25) is 4.79 Å². The van der Waals surface area contributed by atoms with Gasteiger partial charge in [0.25, 0.3) is 15.9 Å². The summed E-state index contributed by atoms with van der Waals surface area (Å²) in [4.78, 5) is 25.7. The SMILES string of the molecule is CC(C)(Oc1ccc(Cl)cc1)C(=O)OCN1C(=O)C2=C(C3CCC2C3(C)C)S1(=O)=O. The minimum atomic E-state index is -3.99. The number of sulfonamides is 1. The first-order valence-corrected chi connectivity index (χ1v) is 11.6. The smallest absolute Gasteiger partial charge is 0.351 e. The van der Waals surface area contributed by atoms with Crippen LogP contribution in [0.2, 0.25) is 5.02 Å². The standard InChI is InChI=1S/C21H24ClNO6S/c1-20(2)14-9-10-15(20)17-16(14)18(24)23(30(17,26)27)11-28-19(25)21(3,4)29-13-7-5-12(22)6-8-13/h5-8,14-15H,9-11H2,1-4H3. The highest BCUT2D eigenvalue weighted by atomic mass is 35.5. The highest BCUT2D eigenvalue weighted by Crippen LogP contribution is 2.64. The number of hydrogen-bond donors (Lipinski definition) is 0. The molecular weight excluding hydrogens is 430 g/mol. The number of fused-ring (bicyclic) bond motifs is 4. The first-order chi connectivity index (χ1) is 13.9. The topological polar surface area (TPSA) is 90.0 Å². The molecule has 2 bridgehead atoms. The Labute approximate surface area is 181 Å². The molecule has 0 spiro atoms. The van der Waals surface area contributed by atoms with Crippen molar-refractivity contribution in [2.45, 2.75) is 46.1 Å². The Hall–Kier alpha value is -2.06. The Bertz CT molecular complexity index is 1060. The highest BCUT2D eigenvalue weighted by molar-refractivity contribution is 7.94. The molecule has 0 N–H and O–H groups in total. The van der Waals surface area contributed by atoms with E-state index in [1.807, 2.05) is 13.8 Å². The highest BCUT2D eigenvalue weighted by Gasteiger charge is 2.63. The largest absolute Gasteiger partial charge is 0.476 e.